The number of aryl methyl sites for hydroxylation is 2. The van der Waals surface area contributed by atoms with Crippen LogP contribution in [-0.2, 0) is 11.2 Å². The zero-order valence-electron chi connectivity index (χ0n) is 8.71. The average Bonchev–Trinajstić information content (AvgIpc) is 2.19. The fourth-order valence-corrected chi connectivity index (χ4v) is 1.50. The molecule has 82 valence electrons. The highest BCUT2D eigenvalue weighted by atomic mass is 35.5. The van der Waals surface area contributed by atoms with Gasteiger partial charge in [0.1, 0.15) is 5.75 Å². The summed E-state index contributed by atoms with van der Waals surface area (Å²) in [4.78, 5) is 10.5. The van der Waals surface area contributed by atoms with Crippen molar-refractivity contribution in [3.63, 3.8) is 0 Å². The normalized spacial score (nSPS) is 10.1. The summed E-state index contributed by atoms with van der Waals surface area (Å²) in [6.45, 7) is 1.88. The van der Waals surface area contributed by atoms with E-state index in [-0.39, 0.29) is 6.42 Å². The van der Waals surface area contributed by atoms with E-state index in [1.807, 2.05) is 13.0 Å². The van der Waals surface area contributed by atoms with Crippen LogP contribution in [0.25, 0.3) is 0 Å². The van der Waals surface area contributed by atoms with Crippen molar-refractivity contribution in [2.24, 2.45) is 0 Å². The van der Waals surface area contributed by atoms with E-state index in [1.54, 1.807) is 13.2 Å². The first-order valence-electron chi connectivity index (χ1n) is 4.59. The first-order valence-corrected chi connectivity index (χ1v) is 4.97. The van der Waals surface area contributed by atoms with Crippen LogP contribution in [-0.4, -0.2) is 18.2 Å². The fourth-order valence-electron chi connectivity index (χ4n) is 1.35. The van der Waals surface area contributed by atoms with Gasteiger partial charge in [0.15, 0.2) is 0 Å². The maximum atomic E-state index is 10.5. The van der Waals surface area contributed by atoms with Crippen molar-refractivity contribution in [2.45, 2.75) is 19.8 Å². The Labute approximate surface area is 93.6 Å². The molecule has 1 N–H and O–H groups in total. The predicted octanol–water partition coefficient (Wildman–Crippen LogP) is 2.67. The number of halogens is 1. The van der Waals surface area contributed by atoms with Gasteiger partial charge in [-0.05, 0) is 30.5 Å². The predicted molar refractivity (Wildman–Crippen MR) is 58.7 cm³/mol. The molecule has 0 aliphatic rings. The first kappa shape index (κ1) is 11.9. The van der Waals surface area contributed by atoms with Crippen LogP contribution >= 0.6 is 11.6 Å². The molecule has 0 radical (unpaired) electrons. The Morgan fingerprint density at radius 2 is 2.20 bits per heavy atom. The van der Waals surface area contributed by atoms with Crippen molar-refractivity contribution >= 4 is 17.6 Å². The number of benzene rings is 1. The molecule has 0 saturated heterocycles. The zero-order chi connectivity index (χ0) is 11.4. The van der Waals surface area contributed by atoms with Crippen molar-refractivity contribution in [3.8, 4) is 5.75 Å². The Morgan fingerprint density at radius 1 is 1.53 bits per heavy atom. The molecule has 1 aromatic rings. The number of carbonyl (C=O) groups is 1. The molecule has 0 unspecified atom stereocenters. The standard InChI is InChI=1S/C11H13ClO3/c1-7-5-8(3-4-11(13)14)10(15-2)6-9(7)12/h5-6H,3-4H2,1-2H3,(H,13,14). The van der Waals surface area contributed by atoms with Gasteiger partial charge in [0.25, 0.3) is 0 Å². The largest absolute Gasteiger partial charge is 0.496 e. The molecule has 3 nitrogen and oxygen atoms in total. The second-order valence-corrected chi connectivity index (χ2v) is 3.71. The van der Waals surface area contributed by atoms with E-state index in [2.05, 4.69) is 0 Å². The molecule has 0 aliphatic carbocycles. The Bertz CT molecular complexity index is 374. The molecule has 0 bridgehead atoms. The number of aliphatic carboxylic acids is 1. The van der Waals surface area contributed by atoms with Crippen molar-refractivity contribution < 1.29 is 14.6 Å². The summed E-state index contributed by atoms with van der Waals surface area (Å²) in [5, 5.41) is 9.23. The maximum absolute atomic E-state index is 10.5. The molecule has 0 spiro atoms. The highest BCUT2D eigenvalue weighted by molar-refractivity contribution is 6.31. The quantitative estimate of drug-likeness (QED) is 0.862. The number of carboxylic acid groups (broad SMARTS) is 1. The Hall–Kier alpha value is -1.22. The highest BCUT2D eigenvalue weighted by Crippen LogP contribution is 2.27. The number of hydrogen-bond acceptors (Lipinski definition) is 2. The number of carboxylic acids is 1. The van der Waals surface area contributed by atoms with Crippen molar-refractivity contribution in [1.82, 2.24) is 0 Å². The number of rotatable bonds is 4. The maximum Gasteiger partial charge on any atom is 0.303 e. The summed E-state index contributed by atoms with van der Waals surface area (Å²) in [7, 11) is 1.55. The minimum absolute atomic E-state index is 0.0947. The zero-order valence-corrected chi connectivity index (χ0v) is 9.47. The van der Waals surface area contributed by atoms with Crippen molar-refractivity contribution in [1.29, 1.82) is 0 Å². The van der Waals surface area contributed by atoms with Gasteiger partial charge in [0.05, 0.1) is 7.11 Å². The van der Waals surface area contributed by atoms with Gasteiger partial charge in [-0.2, -0.15) is 0 Å². The van der Waals surface area contributed by atoms with Gasteiger partial charge in [-0.15, -0.1) is 0 Å². The SMILES string of the molecule is COc1cc(Cl)c(C)cc1CCC(=O)O. The van der Waals surface area contributed by atoms with Crippen LogP contribution in [0.15, 0.2) is 12.1 Å². The molecule has 0 saturated carbocycles. The van der Waals surface area contributed by atoms with E-state index < -0.39 is 5.97 Å². The molecule has 0 fully saturated rings. The minimum Gasteiger partial charge on any atom is -0.496 e. The lowest BCUT2D eigenvalue weighted by Gasteiger charge is -2.09. The van der Waals surface area contributed by atoms with E-state index in [0.29, 0.717) is 17.2 Å². The molecule has 0 heterocycles. The molecule has 1 aromatic carbocycles. The van der Waals surface area contributed by atoms with E-state index in [9.17, 15) is 4.79 Å². The van der Waals surface area contributed by atoms with Crippen LogP contribution in [0.1, 0.15) is 17.5 Å². The van der Waals surface area contributed by atoms with Crippen LogP contribution in [0.3, 0.4) is 0 Å². The third-order valence-corrected chi connectivity index (χ3v) is 2.58. The van der Waals surface area contributed by atoms with Crippen molar-refractivity contribution in [3.05, 3.63) is 28.3 Å². The molecule has 0 aliphatic heterocycles. The molecule has 4 heteroatoms. The fraction of sp³-hybridized carbons (Fsp3) is 0.364. The molecule has 0 aromatic heterocycles. The first-order chi connectivity index (χ1) is 7.04. The summed E-state index contributed by atoms with van der Waals surface area (Å²) in [6.07, 6.45) is 0.550. The number of hydrogen-bond donors (Lipinski definition) is 1. The van der Waals surface area contributed by atoms with E-state index in [0.717, 1.165) is 11.1 Å². The molecule has 1 rings (SSSR count). The van der Waals surface area contributed by atoms with Gasteiger partial charge in [-0.1, -0.05) is 17.7 Å². The highest BCUT2D eigenvalue weighted by Gasteiger charge is 2.08. The molecule has 0 amide bonds. The summed E-state index contributed by atoms with van der Waals surface area (Å²) in [5.74, 6) is -0.170. The molecule has 0 atom stereocenters. The average molecular weight is 229 g/mol. The third kappa shape index (κ3) is 3.13. The Balaban J connectivity index is 2.94. The molecular formula is C11H13ClO3. The second-order valence-electron chi connectivity index (χ2n) is 3.31. The lowest BCUT2D eigenvalue weighted by Crippen LogP contribution is -2.00. The molecular weight excluding hydrogens is 216 g/mol. The third-order valence-electron chi connectivity index (χ3n) is 2.17. The lowest BCUT2D eigenvalue weighted by atomic mass is 10.1. The van der Waals surface area contributed by atoms with Gasteiger partial charge in [-0.3, -0.25) is 4.79 Å². The van der Waals surface area contributed by atoms with Gasteiger partial charge in [0, 0.05) is 11.4 Å². The summed E-state index contributed by atoms with van der Waals surface area (Å²) >= 11 is 5.93. The monoisotopic (exact) mass is 228 g/mol. The van der Waals surface area contributed by atoms with Gasteiger partial charge in [-0.25, -0.2) is 0 Å². The number of methoxy groups -OCH3 is 1. The van der Waals surface area contributed by atoms with Gasteiger partial charge < -0.3 is 9.84 Å². The van der Waals surface area contributed by atoms with E-state index in [4.69, 9.17) is 21.4 Å². The lowest BCUT2D eigenvalue weighted by molar-refractivity contribution is -0.136. The topological polar surface area (TPSA) is 46.5 Å². The number of ether oxygens (including phenoxy) is 1. The molecule has 15 heavy (non-hydrogen) atoms. The second kappa shape index (κ2) is 5.03. The summed E-state index contributed by atoms with van der Waals surface area (Å²) < 4.78 is 5.14. The van der Waals surface area contributed by atoms with E-state index >= 15 is 0 Å². The summed E-state index contributed by atoms with van der Waals surface area (Å²) in [5.41, 5.74) is 1.81. The van der Waals surface area contributed by atoms with Gasteiger partial charge in [0.2, 0.25) is 0 Å². The summed E-state index contributed by atoms with van der Waals surface area (Å²) in [6, 6.07) is 3.58. The van der Waals surface area contributed by atoms with Crippen molar-refractivity contribution in [2.75, 3.05) is 7.11 Å². The van der Waals surface area contributed by atoms with Crippen LogP contribution < -0.4 is 4.74 Å². The minimum atomic E-state index is -0.815. The Kier molecular flexibility index (Phi) is 3.97. The smallest absolute Gasteiger partial charge is 0.303 e. The van der Waals surface area contributed by atoms with Gasteiger partial charge >= 0.3 is 5.97 Å². The van der Waals surface area contributed by atoms with Crippen LogP contribution in [0.2, 0.25) is 5.02 Å². The van der Waals surface area contributed by atoms with E-state index in [1.165, 1.54) is 0 Å². The van der Waals surface area contributed by atoms with Crippen LogP contribution in [0.5, 0.6) is 5.75 Å². The Morgan fingerprint density at radius 3 is 2.73 bits per heavy atom. The van der Waals surface area contributed by atoms with Crippen LogP contribution in [0.4, 0.5) is 0 Å². The van der Waals surface area contributed by atoms with Crippen LogP contribution in [0, 0.1) is 6.92 Å².